The van der Waals surface area contributed by atoms with Crippen LogP contribution in [0.5, 0.6) is 0 Å². The van der Waals surface area contributed by atoms with Crippen LogP contribution in [0.15, 0.2) is 22.1 Å². The Morgan fingerprint density at radius 3 is 2.95 bits per heavy atom. The van der Waals surface area contributed by atoms with Crippen LogP contribution in [-0.4, -0.2) is 21.9 Å². The Hall–Kier alpha value is -1.74. The van der Waals surface area contributed by atoms with Crippen molar-refractivity contribution in [2.75, 3.05) is 17.7 Å². The molecule has 2 aromatic rings. The summed E-state index contributed by atoms with van der Waals surface area (Å²) in [6.07, 6.45) is 1.12. The number of hydrogen-bond donors (Lipinski definition) is 1. The summed E-state index contributed by atoms with van der Waals surface area (Å²) in [5.41, 5.74) is 5.33. The van der Waals surface area contributed by atoms with Gasteiger partial charge in [-0.25, -0.2) is 4.98 Å². The summed E-state index contributed by atoms with van der Waals surface area (Å²) in [7, 11) is 1.72. The number of nitrogens with zero attached hydrogens (tertiary/aromatic N) is 4. The fourth-order valence-electron chi connectivity index (χ4n) is 1.53. The zero-order valence-electron chi connectivity index (χ0n) is 9.91. The summed E-state index contributed by atoms with van der Waals surface area (Å²) in [5, 5.41) is 12.9. The van der Waals surface area contributed by atoms with Gasteiger partial charge in [0.15, 0.2) is 0 Å². The van der Waals surface area contributed by atoms with E-state index < -0.39 is 4.92 Å². The molecule has 0 atom stereocenters. The third kappa shape index (κ3) is 3.18. The van der Waals surface area contributed by atoms with E-state index in [2.05, 4.69) is 25.9 Å². The lowest BCUT2D eigenvalue weighted by atomic mass is 10.4. The van der Waals surface area contributed by atoms with Crippen molar-refractivity contribution in [2.24, 2.45) is 0 Å². The van der Waals surface area contributed by atoms with E-state index in [0.29, 0.717) is 6.54 Å². The first kappa shape index (κ1) is 13.7. The molecule has 0 fully saturated rings. The lowest BCUT2D eigenvalue weighted by Gasteiger charge is -2.16. The van der Waals surface area contributed by atoms with E-state index >= 15 is 0 Å². The lowest BCUT2D eigenvalue weighted by Crippen LogP contribution is -2.19. The molecular formula is C10H10BrN5O2S. The van der Waals surface area contributed by atoms with Crippen LogP contribution < -0.4 is 10.6 Å². The van der Waals surface area contributed by atoms with E-state index in [9.17, 15) is 10.1 Å². The smallest absolute Gasteiger partial charge is 0.329 e. The van der Waals surface area contributed by atoms with Crippen molar-refractivity contribution in [3.05, 3.63) is 37.1 Å². The van der Waals surface area contributed by atoms with Gasteiger partial charge in [-0.3, -0.25) is 10.1 Å². The number of halogens is 1. The highest BCUT2D eigenvalue weighted by molar-refractivity contribution is 9.10. The van der Waals surface area contributed by atoms with Crippen molar-refractivity contribution in [1.82, 2.24) is 9.97 Å². The molecule has 0 aromatic carbocycles. The van der Waals surface area contributed by atoms with Crippen LogP contribution in [0.1, 0.15) is 4.88 Å². The molecule has 100 valence electrons. The van der Waals surface area contributed by atoms with Crippen LogP contribution in [0, 0.1) is 10.1 Å². The van der Waals surface area contributed by atoms with Gasteiger partial charge in [0.1, 0.15) is 6.20 Å². The van der Waals surface area contributed by atoms with Gasteiger partial charge in [0.25, 0.3) is 0 Å². The van der Waals surface area contributed by atoms with Crippen LogP contribution in [0.25, 0.3) is 0 Å². The van der Waals surface area contributed by atoms with Crippen LogP contribution in [0.2, 0.25) is 0 Å². The monoisotopic (exact) mass is 343 g/mol. The average molecular weight is 344 g/mol. The summed E-state index contributed by atoms with van der Waals surface area (Å²) in [4.78, 5) is 20.7. The van der Waals surface area contributed by atoms with Gasteiger partial charge in [0.05, 0.1) is 11.5 Å². The fourth-order valence-corrected chi connectivity index (χ4v) is 3.04. The molecule has 2 rings (SSSR count). The second kappa shape index (κ2) is 5.49. The molecule has 0 saturated heterocycles. The van der Waals surface area contributed by atoms with Crippen molar-refractivity contribution in [2.45, 2.75) is 6.54 Å². The number of hydrogen-bond acceptors (Lipinski definition) is 7. The molecule has 2 aromatic heterocycles. The van der Waals surface area contributed by atoms with Crippen LogP contribution in [0.4, 0.5) is 17.5 Å². The molecule has 0 bridgehead atoms. The van der Waals surface area contributed by atoms with E-state index in [1.54, 1.807) is 23.3 Å². The number of anilines is 2. The summed E-state index contributed by atoms with van der Waals surface area (Å²) >= 11 is 4.92. The SMILES string of the molecule is CN(Cc1cc(Br)cs1)c1nc(N)ncc1[N+](=O)[O-]. The topological polar surface area (TPSA) is 98.2 Å². The van der Waals surface area contributed by atoms with E-state index in [4.69, 9.17) is 5.73 Å². The number of nitrogen functional groups attached to an aromatic ring is 1. The van der Waals surface area contributed by atoms with E-state index in [1.165, 1.54) is 0 Å². The Labute approximate surface area is 121 Å². The molecule has 0 aliphatic rings. The highest BCUT2D eigenvalue weighted by atomic mass is 79.9. The van der Waals surface area contributed by atoms with Gasteiger partial charge >= 0.3 is 5.69 Å². The molecule has 9 heteroatoms. The van der Waals surface area contributed by atoms with Crippen LogP contribution >= 0.6 is 27.3 Å². The maximum atomic E-state index is 10.9. The van der Waals surface area contributed by atoms with Crippen molar-refractivity contribution >= 4 is 44.7 Å². The number of nitro groups is 1. The van der Waals surface area contributed by atoms with Gasteiger partial charge in [-0.05, 0) is 22.0 Å². The summed E-state index contributed by atoms with van der Waals surface area (Å²) < 4.78 is 0.984. The second-order valence-corrected chi connectivity index (χ2v) is 5.69. The Kier molecular flexibility index (Phi) is 3.96. The minimum Gasteiger partial charge on any atom is -0.368 e. The Balaban J connectivity index is 2.29. The quantitative estimate of drug-likeness (QED) is 0.676. The van der Waals surface area contributed by atoms with E-state index in [0.717, 1.165) is 15.5 Å². The highest BCUT2D eigenvalue weighted by Gasteiger charge is 2.20. The number of aromatic nitrogens is 2. The van der Waals surface area contributed by atoms with Crippen molar-refractivity contribution < 1.29 is 4.92 Å². The van der Waals surface area contributed by atoms with Gasteiger partial charge in [-0.2, -0.15) is 4.98 Å². The molecule has 0 unspecified atom stereocenters. The summed E-state index contributed by atoms with van der Waals surface area (Å²) in [5.74, 6) is 0.224. The second-order valence-electron chi connectivity index (χ2n) is 3.78. The third-order valence-electron chi connectivity index (χ3n) is 2.34. The van der Waals surface area contributed by atoms with Gasteiger partial charge in [0.2, 0.25) is 11.8 Å². The molecule has 0 saturated carbocycles. The lowest BCUT2D eigenvalue weighted by molar-refractivity contribution is -0.384. The normalized spacial score (nSPS) is 10.4. The van der Waals surface area contributed by atoms with Crippen molar-refractivity contribution in [1.29, 1.82) is 0 Å². The maximum Gasteiger partial charge on any atom is 0.329 e. The van der Waals surface area contributed by atoms with Crippen molar-refractivity contribution in [3.63, 3.8) is 0 Å². The number of rotatable bonds is 4. The Bertz CT molecular complexity index is 618. The molecule has 0 amide bonds. The Morgan fingerprint density at radius 2 is 2.37 bits per heavy atom. The molecule has 2 heterocycles. The molecule has 0 radical (unpaired) electrons. The van der Waals surface area contributed by atoms with Gasteiger partial charge in [-0.15, -0.1) is 11.3 Å². The first-order valence-electron chi connectivity index (χ1n) is 5.18. The molecule has 0 aliphatic heterocycles. The summed E-state index contributed by atoms with van der Waals surface area (Å²) in [6, 6.07) is 1.96. The average Bonchev–Trinajstić information content (AvgIpc) is 2.74. The van der Waals surface area contributed by atoms with Crippen LogP contribution in [-0.2, 0) is 6.54 Å². The third-order valence-corrected chi connectivity index (χ3v) is 4.02. The van der Waals surface area contributed by atoms with Crippen molar-refractivity contribution in [3.8, 4) is 0 Å². The van der Waals surface area contributed by atoms with Gasteiger partial charge < -0.3 is 10.6 Å². The summed E-state index contributed by atoms with van der Waals surface area (Å²) in [6.45, 7) is 0.507. The zero-order chi connectivity index (χ0) is 14.0. The van der Waals surface area contributed by atoms with Crippen LogP contribution in [0.3, 0.4) is 0 Å². The predicted molar refractivity (Wildman–Crippen MR) is 77.2 cm³/mol. The maximum absolute atomic E-state index is 10.9. The minimum absolute atomic E-state index is 0.0137. The number of thiophene rings is 1. The highest BCUT2D eigenvalue weighted by Crippen LogP contribution is 2.27. The largest absolute Gasteiger partial charge is 0.368 e. The predicted octanol–water partition coefficient (Wildman–Crippen LogP) is 2.43. The molecule has 19 heavy (non-hydrogen) atoms. The molecule has 2 N–H and O–H groups in total. The fraction of sp³-hybridized carbons (Fsp3) is 0.200. The molecule has 0 aliphatic carbocycles. The molecule has 0 spiro atoms. The standard InChI is InChI=1S/C10H10BrN5O2S/c1-15(4-7-2-6(11)5-19-7)9-8(16(17)18)3-13-10(12)14-9/h2-3,5H,4H2,1H3,(H2,12,13,14). The zero-order valence-corrected chi connectivity index (χ0v) is 12.3. The number of nitrogens with two attached hydrogens (primary N) is 1. The first-order chi connectivity index (χ1) is 8.97. The van der Waals surface area contributed by atoms with Gasteiger partial charge in [0, 0.05) is 21.8 Å². The van der Waals surface area contributed by atoms with Gasteiger partial charge in [-0.1, -0.05) is 0 Å². The minimum atomic E-state index is -0.518. The Morgan fingerprint density at radius 1 is 1.63 bits per heavy atom. The first-order valence-corrected chi connectivity index (χ1v) is 6.85. The van der Waals surface area contributed by atoms with E-state index in [1.807, 2.05) is 11.4 Å². The molecular weight excluding hydrogens is 334 g/mol. The molecule has 7 nitrogen and oxygen atoms in total. The van der Waals surface area contributed by atoms with E-state index in [-0.39, 0.29) is 17.5 Å².